The number of hydrogen-bond donors (Lipinski definition) is 2. The molecule has 0 aliphatic carbocycles. The van der Waals surface area contributed by atoms with Crippen LogP contribution >= 0.6 is 0 Å². The molecule has 1 atom stereocenters. The highest BCUT2D eigenvalue weighted by Crippen LogP contribution is 2.16. The predicted molar refractivity (Wildman–Crippen MR) is 92.4 cm³/mol. The second-order valence-corrected chi connectivity index (χ2v) is 5.93. The van der Waals surface area contributed by atoms with Gasteiger partial charge in [-0.3, -0.25) is 9.48 Å². The first kappa shape index (κ1) is 15.5. The van der Waals surface area contributed by atoms with Crippen LogP contribution in [0.3, 0.4) is 0 Å². The van der Waals surface area contributed by atoms with Gasteiger partial charge in [-0.1, -0.05) is 18.6 Å². The molecule has 2 aromatic heterocycles. The molecule has 0 radical (unpaired) electrons. The molecule has 0 amide bonds. The Morgan fingerprint density at radius 2 is 2.13 bits per heavy atom. The summed E-state index contributed by atoms with van der Waals surface area (Å²) in [5.74, 6) is 0. The van der Waals surface area contributed by atoms with E-state index >= 15 is 0 Å². The van der Waals surface area contributed by atoms with Crippen LogP contribution in [0.4, 0.5) is 0 Å². The maximum atomic E-state index is 12.3. The quantitative estimate of drug-likeness (QED) is 0.762. The summed E-state index contributed by atoms with van der Waals surface area (Å²) in [4.78, 5) is 15.6. The van der Waals surface area contributed by atoms with Crippen molar-refractivity contribution in [2.24, 2.45) is 7.05 Å². The summed E-state index contributed by atoms with van der Waals surface area (Å²) in [6.07, 6.45) is 2.76. The molecule has 1 aromatic carbocycles. The normalized spacial score (nSPS) is 12.7. The molecule has 0 saturated carbocycles. The second-order valence-electron chi connectivity index (χ2n) is 5.93. The van der Waals surface area contributed by atoms with Crippen LogP contribution in [0.15, 0.2) is 41.3 Å². The fraction of sp³-hybridized carbons (Fsp3) is 0.333. The first-order valence-electron chi connectivity index (χ1n) is 7.92. The van der Waals surface area contributed by atoms with Gasteiger partial charge in [0.1, 0.15) is 0 Å². The molecule has 23 heavy (non-hydrogen) atoms. The Kier molecular flexibility index (Phi) is 4.30. The zero-order chi connectivity index (χ0) is 16.4. The largest absolute Gasteiger partial charge is 0.357 e. The van der Waals surface area contributed by atoms with Gasteiger partial charge in [-0.2, -0.15) is 5.10 Å². The molecule has 2 N–H and O–H groups in total. The van der Waals surface area contributed by atoms with E-state index in [1.54, 1.807) is 12.3 Å². The fourth-order valence-electron chi connectivity index (χ4n) is 2.93. The van der Waals surface area contributed by atoms with Crippen LogP contribution in [0.25, 0.3) is 10.9 Å². The van der Waals surface area contributed by atoms with E-state index in [0.717, 1.165) is 34.3 Å². The van der Waals surface area contributed by atoms with E-state index in [4.69, 9.17) is 0 Å². The van der Waals surface area contributed by atoms with Gasteiger partial charge in [0.05, 0.1) is 5.69 Å². The third-order valence-corrected chi connectivity index (χ3v) is 4.20. The molecule has 0 aliphatic heterocycles. The number of aromatic amines is 1. The van der Waals surface area contributed by atoms with Crippen molar-refractivity contribution in [2.75, 3.05) is 0 Å². The average Bonchev–Trinajstić information content (AvgIpc) is 2.95. The highest BCUT2D eigenvalue weighted by Gasteiger charge is 2.12. The average molecular weight is 310 g/mol. The van der Waals surface area contributed by atoms with Crippen LogP contribution in [0.5, 0.6) is 0 Å². The summed E-state index contributed by atoms with van der Waals surface area (Å²) < 4.78 is 1.88. The van der Waals surface area contributed by atoms with Gasteiger partial charge in [0.2, 0.25) is 0 Å². The molecule has 0 aliphatic rings. The van der Waals surface area contributed by atoms with Crippen molar-refractivity contribution < 1.29 is 0 Å². The first-order chi connectivity index (χ1) is 11.1. The molecular formula is C18H22N4O. The van der Waals surface area contributed by atoms with Crippen LogP contribution in [-0.4, -0.2) is 14.8 Å². The highest BCUT2D eigenvalue weighted by molar-refractivity contribution is 5.79. The summed E-state index contributed by atoms with van der Waals surface area (Å²) in [7, 11) is 1.94. The van der Waals surface area contributed by atoms with Crippen LogP contribution in [-0.2, 0) is 13.6 Å². The summed E-state index contributed by atoms with van der Waals surface area (Å²) in [6.45, 7) is 4.74. The lowest BCUT2D eigenvalue weighted by Gasteiger charge is -2.17. The van der Waals surface area contributed by atoms with Crippen molar-refractivity contribution in [1.82, 2.24) is 20.1 Å². The molecule has 5 heteroatoms. The lowest BCUT2D eigenvalue weighted by molar-refractivity contribution is 0.480. The van der Waals surface area contributed by atoms with Gasteiger partial charge in [0.25, 0.3) is 0 Å². The van der Waals surface area contributed by atoms with Crippen molar-refractivity contribution >= 4 is 10.9 Å². The summed E-state index contributed by atoms with van der Waals surface area (Å²) in [5.41, 5.74) is 4.08. The van der Waals surface area contributed by atoms with Gasteiger partial charge in [0.15, 0.2) is 5.43 Å². The topological polar surface area (TPSA) is 62.7 Å². The van der Waals surface area contributed by atoms with Gasteiger partial charge >= 0.3 is 0 Å². The Morgan fingerprint density at radius 3 is 2.83 bits per heavy atom. The number of hydrogen-bond acceptors (Lipinski definition) is 3. The minimum Gasteiger partial charge on any atom is -0.357 e. The van der Waals surface area contributed by atoms with E-state index in [0.29, 0.717) is 6.54 Å². The smallest absolute Gasteiger partial charge is 0.189 e. The van der Waals surface area contributed by atoms with Crippen molar-refractivity contribution in [3.05, 3.63) is 63.7 Å². The van der Waals surface area contributed by atoms with Crippen LogP contribution in [0, 0.1) is 6.92 Å². The maximum absolute atomic E-state index is 12.3. The zero-order valence-corrected chi connectivity index (χ0v) is 13.8. The number of nitrogens with zero attached hydrogens (tertiary/aromatic N) is 2. The van der Waals surface area contributed by atoms with Gasteiger partial charge < -0.3 is 10.3 Å². The third-order valence-electron chi connectivity index (χ3n) is 4.20. The van der Waals surface area contributed by atoms with Gasteiger partial charge in [-0.25, -0.2) is 0 Å². The first-order valence-corrected chi connectivity index (χ1v) is 7.92. The molecular weight excluding hydrogens is 288 g/mol. The van der Waals surface area contributed by atoms with Crippen LogP contribution < -0.4 is 10.7 Å². The number of pyridine rings is 1. The van der Waals surface area contributed by atoms with E-state index in [9.17, 15) is 4.79 Å². The monoisotopic (exact) mass is 310 g/mol. The molecule has 0 unspecified atom stereocenters. The van der Waals surface area contributed by atoms with Crippen LogP contribution in [0.1, 0.15) is 36.3 Å². The Hall–Kier alpha value is -2.40. The standard InChI is InChI=1S/C18H22N4O/c1-4-15(17-7-8-20-22(17)3)19-11-13-10-18(23)14-9-12(2)5-6-16(14)21-13/h5-10,15,19H,4,11H2,1-3H3,(H,21,23)/t15-/m1/s1. The van der Waals surface area contributed by atoms with E-state index in [-0.39, 0.29) is 11.5 Å². The molecule has 2 heterocycles. The number of aryl methyl sites for hydroxylation is 2. The molecule has 0 bridgehead atoms. The molecule has 120 valence electrons. The number of fused-ring (bicyclic) bond motifs is 1. The van der Waals surface area contributed by atoms with Gasteiger partial charge in [-0.15, -0.1) is 0 Å². The molecule has 5 nitrogen and oxygen atoms in total. The molecule has 0 spiro atoms. The highest BCUT2D eigenvalue weighted by atomic mass is 16.1. The van der Waals surface area contributed by atoms with Crippen molar-refractivity contribution in [3.8, 4) is 0 Å². The SMILES string of the molecule is CC[C@@H](NCc1cc(=O)c2cc(C)ccc2[nH]1)c1ccnn1C. The summed E-state index contributed by atoms with van der Waals surface area (Å²) >= 11 is 0. The van der Waals surface area contributed by atoms with Crippen molar-refractivity contribution in [1.29, 1.82) is 0 Å². The Labute approximate surface area is 135 Å². The van der Waals surface area contributed by atoms with Crippen molar-refractivity contribution in [3.63, 3.8) is 0 Å². The van der Waals surface area contributed by atoms with E-state index in [2.05, 4.69) is 22.3 Å². The molecule has 0 saturated heterocycles. The number of H-pyrrole nitrogens is 1. The molecule has 3 aromatic rings. The molecule has 3 rings (SSSR count). The Balaban J connectivity index is 1.83. The Morgan fingerprint density at radius 1 is 1.30 bits per heavy atom. The summed E-state index contributed by atoms with van der Waals surface area (Å²) in [5, 5.41) is 8.47. The lowest BCUT2D eigenvalue weighted by Crippen LogP contribution is -2.23. The maximum Gasteiger partial charge on any atom is 0.189 e. The minimum atomic E-state index is 0.0628. The minimum absolute atomic E-state index is 0.0628. The fourth-order valence-corrected chi connectivity index (χ4v) is 2.93. The predicted octanol–water partition coefficient (Wildman–Crippen LogP) is 2.81. The second kappa shape index (κ2) is 6.38. The molecule has 0 fully saturated rings. The van der Waals surface area contributed by atoms with E-state index < -0.39 is 0 Å². The van der Waals surface area contributed by atoms with E-state index in [1.165, 1.54) is 0 Å². The number of nitrogens with one attached hydrogen (secondary N) is 2. The van der Waals surface area contributed by atoms with Gasteiger partial charge in [-0.05, 0) is 31.5 Å². The number of benzene rings is 1. The van der Waals surface area contributed by atoms with Gasteiger partial charge in [0, 0.05) is 48.5 Å². The van der Waals surface area contributed by atoms with E-state index in [1.807, 2.05) is 42.9 Å². The van der Waals surface area contributed by atoms with Crippen LogP contribution in [0.2, 0.25) is 0 Å². The lowest BCUT2D eigenvalue weighted by atomic mass is 10.1. The third kappa shape index (κ3) is 3.19. The number of rotatable bonds is 5. The number of aromatic nitrogens is 3. The van der Waals surface area contributed by atoms with Crippen molar-refractivity contribution in [2.45, 2.75) is 32.9 Å². The Bertz CT molecular complexity index is 878. The zero-order valence-electron chi connectivity index (χ0n) is 13.8. The summed E-state index contributed by atoms with van der Waals surface area (Å²) in [6, 6.07) is 9.82.